The molecule has 0 unspecified atom stereocenters. The predicted octanol–water partition coefficient (Wildman–Crippen LogP) is 2.70. The van der Waals surface area contributed by atoms with Crippen LogP contribution in [0.1, 0.15) is 6.92 Å². The van der Waals surface area contributed by atoms with Gasteiger partial charge >= 0.3 is 0 Å². The first-order chi connectivity index (χ1) is 4.83. The van der Waals surface area contributed by atoms with Gasteiger partial charge in [-0.05, 0) is 35.0 Å². The number of pyridine rings is 1. The lowest BCUT2D eigenvalue weighted by Gasteiger charge is -2.00. The molecular weight excluding hydrogens is 227 g/mol. The lowest BCUT2D eigenvalue weighted by Crippen LogP contribution is -1.95. The number of hydrogen-bond acceptors (Lipinski definition) is 2. The maximum atomic E-state index is 4.05. The molecule has 1 aromatic heterocycles. The Bertz CT molecular complexity index is 200. The highest BCUT2D eigenvalue weighted by Crippen LogP contribution is 2.09. The van der Waals surface area contributed by atoms with Gasteiger partial charge in [-0.25, -0.2) is 4.98 Å². The number of anilines is 1. The van der Waals surface area contributed by atoms with Crippen molar-refractivity contribution >= 4 is 34.0 Å². The second-order valence-corrected chi connectivity index (χ2v) is 2.71. The fourth-order valence-electron chi connectivity index (χ4n) is 0.685. The third-order valence-electron chi connectivity index (χ3n) is 1.11. The lowest BCUT2D eigenvalue weighted by atomic mass is 10.4. The van der Waals surface area contributed by atoms with Crippen LogP contribution in [0.3, 0.4) is 0 Å². The fourth-order valence-corrected chi connectivity index (χ4v) is 0.919. The minimum atomic E-state index is 0. The van der Waals surface area contributed by atoms with Crippen molar-refractivity contribution in [3.8, 4) is 0 Å². The molecule has 0 fully saturated rings. The second-order valence-electron chi connectivity index (χ2n) is 1.90. The van der Waals surface area contributed by atoms with Gasteiger partial charge in [0.15, 0.2) is 0 Å². The summed E-state index contributed by atoms with van der Waals surface area (Å²) in [6, 6.07) is 3.90. The van der Waals surface area contributed by atoms with Gasteiger partial charge in [-0.15, -0.1) is 12.4 Å². The van der Waals surface area contributed by atoms with E-state index in [9.17, 15) is 0 Å². The molecule has 0 radical (unpaired) electrons. The van der Waals surface area contributed by atoms with Crippen LogP contribution in [0.25, 0.3) is 0 Å². The first-order valence-corrected chi connectivity index (χ1v) is 3.97. The maximum absolute atomic E-state index is 4.05. The lowest BCUT2D eigenvalue weighted by molar-refractivity contribution is 1.18. The summed E-state index contributed by atoms with van der Waals surface area (Å²) < 4.78 is 0.870. The van der Waals surface area contributed by atoms with Gasteiger partial charge in [0.25, 0.3) is 0 Å². The molecule has 62 valence electrons. The number of aromatic nitrogens is 1. The van der Waals surface area contributed by atoms with E-state index in [1.165, 1.54) is 0 Å². The number of rotatable bonds is 2. The fraction of sp³-hybridized carbons (Fsp3) is 0.286. The van der Waals surface area contributed by atoms with Crippen LogP contribution in [-0.2, 0) is 0 Å². The first-order valence-electron chi connectivity index (χ1n) is 3.18. The third-order valence-corrected chi connectivity index (χ3v) is 1.58. The highest BCUT2D eigenvalue weighted by Gasteiger charge is 1.88. The van der Waals surface area contributed by atoms with Crippen LogP contribution in [-0.4, -0.2) is 11.5 Å². The molecule has 2 nitrogen and oxygen atoms in total. The number of nitrogens with one attached hydrogen (secondary N) is 1. The van der Waals surface area contributed by atoms with Crippen LogP contribution in [0, 0.1) is 0 Å². The summed E-state index contributed by atoms with van der Waals surface area (Å²) in [4.78, 5) is 4.05. The van der Waals surface area contributed by atoms with Gasteiger partial charge in [-0.2, -0.15) is 0 Å². The highest BCUT2D eigenvalue weighted by atomic mass is 79.9. The van der Waals surface area contributed by atoms with Gasteiger partial charge in [0.05, 0.1) is 11.9 Å². The summed E-state index contributed by atoms with van der Waals surface area (Å²) in [5.74, 6) is 0. The molecule has 1 heterocycles. The maximum Gasteiger partial charge on any atom is 0.106 e. The van der Waals surface area contributed by atoms with Gasteiger partial charge in [0.1, 0.15) is 4.60 Å². The number of nitrogens with zero attached hydrogens (tertiary/aromatic N) is 1. The van der Waals surface area contributed by atoms with Crippen LogP contribution >= 0.6 is 28.3 Å². The van der Waals surface area contributed by atoms with E-state index in [1.54, 1.807) is 6.20 Å². The van der Waals surface area contributed by atoms with Gasteiger partial charge in [-0.3, -0.25) is 0 Å². The van der Waals surface area contributed by atoms with E-state index < -0.39 is 0 Å². The Morgan fingerprint density at radius 3 is 2.73 bits per heavy atom. The van der Waals surface area contributed by atoms with E-state index in [2.05, 4.69) is 33.2 Å². The van der Waals surface area contributed by atoms with Crippen LogP contribution < -0.4 is 5.32 Å². The van der Waals surface area contributed by atoms with Crippen molar-refractivity contribution in [1.29, 1.82) is 0 Å². The summed E-state index contributed by atoms with van der Waals surface area (Å²) in [6.45, 7) is 2.99. The van der Waals surface area contributed by atoms with E-state index in [0.717, 1.165) is 16.8 Å². The Morgan fingerprint density at radius 1 is 1.55 bits per heavy atom. The van der Waals surface area contributed by atoms with Crippen molar-refractivity contribution in [2.24, 2.45) is 0 Å². The van der Waals surface area contributed by atoms with E-state index in [-0.39, 0.29) is 12.4 Å². The molecule has 1 rings (SSSR count). The molecular formula is C7H10BrClN2. The van der Waals surface area contributed by atoms with Crippen LogP contribution in [0.4, 0.5) is 5.69 Å². The Hall–Kier alpha value is -0.280. The van der Waals surface area contributed by atoms with Gasteiger partial charge in [0.2, 0.25) is 0 Å². The van der Waals surface area contributed by atoms with Gasteiger partial charge in [-0.1, -0.05) is 0 Å². The smallest absolute Gasteiger partial charge is 0.106 e. The van der Waals surface area contributed by atoms with Crippen molar-refractivity contribution in [1.82, 2.24) is 4.98 Å². The van der Waals surface area contributed by atoms with Crippen LogP contribution in [0.15, 0.2) is 22.9 Å². The van der Waals surface area contributed by atoms with Crippen molar-refractivity contribution in [3.05, 3.63) is 22.9 Å². The van der Waals surface area contributed by atoms with Crippen molar-refractivity contribution in [3.63, 3.8) is 0 Å². The Labute approximate surface area is 81.0 Å². The van der Waals surface area contributed by atoms with E-state index >= 15 is 0 Å². The van der Waals surface area contributed by atoms with Crippen molar-refractivity contribution in [2.45, 2.75) is 6.92 Å². The second kappa shape index (κ2) is 5.38. The largest absolute Gasteiger partial charge is 0.384 e. The highest BCUT2D eigenvalue weighted by molar-refractivity contribution is 9.10. The molecule has 0 aliphatic rings. The minimum Gasteiger partial charge on any atom is -0.384 e. The zero-order valence-corrected chi connectivity index (χ0v) is 8.58. The molecule has 0 aromatic carbocycles. The Morgan fingerprint density at radius 2 is 2.27 bits per heavy atom. The first kappa shape index (κ1) is 10.7. The molecule has 0 atom stereocenters. The number of hydrogen-bond donors (Lipinski definition) is 1. The van der Waals surface area contributed by atoms with Crippen LogP contribution in [0.5, 0.6) is 0 Å². The molecule has 0 saturated carbocycles. The van der Waals surface area contributed by atoms with Crippen LogP contribution in [0.2, 0.25) is 0 Å². The molecule has 0 bridgehead atoms. The topological polar surface area (TPSA) is 24.9 Å². The van der Waals surface area contributed by atoms with Crippen molar-refractivity contribution < 1.29 is 0 Å². The summed E-state index contributed by atoms with van der Waals surface area (Å²) in [6.07, 6.45) is 1.80. The molecule has 1 N–H and O–H groups in total. The molecule has 0 aliphatic carbocycles. The monoisotopic (exact) mass is 236 g/mol. The summed E-state index contributed by atoms with van der Waals surface area (Å²) >= 11 is 3.26. The molecule has 0 spiro atoms. The quantitative estimate of drug-likeness (QED) is 0.800. The standard InChI is InChI=1S/C7H9BrN2.ClH/c1-2-9-6-3-4-7(8)10-5-6;/h3-5,9H,2H2,1H3;1H. The molecule has 0 aliphatic heterocycles. The third kappa shape index (κ3) is 3.58. The average molecular weight is 238 g/mol. The SMILES string of the molecule is CCNc1ccc(Br)nc1.Cl. The Kier molecular flexibility index (Phi) is 5.24. The Balaban J connectivity index is 0.000001000. The van der Waals surface area contributed by atoms with Gasteiger partial charge < -0.3 is 5.32 Å². The van der Waals surface area contributed by atoms with Gasteiger partial charge in [0, 0.05) is 6.54 Å². The normalized spacial score (nSPS) is 8.55. The van der Waals surface area contributed by atoms with E-state index in [4.69, 9.17) is 0 Å². The zero-order chi connectivity index (χ0) is 7.40. The summed E-state index contributed by atoms with van der Waals surface area (Å²) in [7, 11) is 0. The molecule has 0 saturated heterocycles. The predicted molar refractivity (Wildman–Crippen MR) is 53.3 cm³/mol. The summed E-state index contributed by atoms with van der Waals surface area (Å²) in [5, 5.41) is 3.15. The molecule has 1 aromatic rings. The molecule has 4 heteroatoms. The molecule has 11 heavy (non-hydrogen) atoms. The molecule has 0 amide bonds. The van der Waals surface area contributed by atoms with Crippen molar-refractivity contribution in [2.75, 3.05) is 11.9 Å². The number of halogens is 2. The average Bonchev–Trinajstić information content (AvgIpc) is 1.95. The van der Waals surface area contributed by atoms with E-state index in [0.29, 0.717) is 0 Å². The van der Waals surface area contributed by atoms with E-state index in [1.807, 2.05) is 12.1 Å². The minimum absolute atomic E-state index is 0. The zero-order valence-electron chi connectivity index (χ0n) is 6.17. The summed E-state index contributed by atoms with van der Waals surface area (Å²) in [5.41, 5.74) is 1.06.